The quantitative estimate of drug-likeness (QED) is 0.534. The van der Waals surface area contributed by atoms with Crippen LogP contribution in [0.3, 0.4) is 0 Å². The minimum Gasteiger partial charge on any atom is -0.478 e. The van der Waals surface area contributed by atoms with E-state index in [2.05, 4.69) is 25.0 Å². The summed E-state index contributed by atoms with van der Waals surface area (Å²) in [6.07, 6.45) is -0.481. The normalized spacial score (nSPS) is 11.7. The Morgan fingerprint density at radius 1 is 0.966 bits per heavy atom. The molecule has 4 N–H and O–H groups in total. The summed E-state index contributed by atoms with van der Waals surface area (Å²) in [5.74, 6) is -0.354. The van der Waals surface area contributed by atoms with E-state index in [9.17, 15) is 13.2 Å². The molecule has 0 aliphatic rings. The van der Waals surface area contributed by atoms with Crippen LogP contribution in [0.1, 0.15) is 5.56 Å². The Balaban J connectivity index is 1.85. The third kappa shape index (κ3) is 3.24. The second-order valence-corrected chi connectivity index (χ2v) is 5.94. The summed E-state index contributed by atoms with van der Waals surface area (Å²) in [7, 11) is 1.40. The molecule has 29 heavy (non-hydrogen) atoms. The Kier molecular flexibility index (Phi) is 4.18. The van der Waals surface area contributed by atoms with E-state index in [1.807, 2.05) is 0 Å². The SMILES string of the molecule is COc1nc(-c2cnc3ccc(-c4cnc(N)c(C(F)(F)F)c4)nn23)cnc1N. The number of aromatic nitrogens is 6. The maximum absolute atomic E-state index is 13.1. The second-order valence-electron chi connectivity index (χ2n) is 5.94. The van der Waals surface area contributed by atoms with E-state index in [1.54, 1.807) is 6.07 Å². The molecule has 0 aliphatic heterocycles. The number of nitrogen functional groups attached to an aromatic ring is 2. The van der Waals surface area contributed by atoms with Crippen LogP contribution in [-0.4, -0.2) is 36.7 Å². The first-order valence-corrected chi connectivity index (χ1v) is 8.12. The number of hydrogen-bond donors (Lipinski definition) is 2. The lowest BCUT2D eigenvalue weighted by molar-refractivity contribution is -0.137. The first kappa shape index (κ1) is 18.4. The molecule has 0 amide bonds. The predicted molar refractivity (Wildman–Crippen MR) is 97.6 cm³/mol. The molecule has 4 aromatic rings. The van der Waals surface area contributed by atoms with Crippen LogP contribution in [0.2, 0.25) is 0 Å². The van der Waals surface area contributed by atoms with Crippen LogP contribution in [0, 0.1) is 0 Å². The molecule has 0 aliphatic carbocycles. The molecular weight excluding hydrogens is 389 g/mol. The van der Waals surface area contributed by atoms with Gasteiger partial charge in [0, 0.05) is 11.8 Å². The van der Waals surface area contributed by atoms with Crippen molar-refractivity contribution in [3.8, 4) is 28.5 Å². The van der Waals surface area contributed by atoms with E-state index in [-0.39, 0.29) is 23.0 Å². The molecule has 148 valence electrons. The maximum atomic E-state index is 13.1. The Hall–Kier alpha value is -3.96. The first-order chi connectivity index (χ1) is 13.8. The van der Waals surface area contributed by atoms with Gasteiger partial charge in [-0.1, -0.05) is 0 Å². The van der Waals surface area contributed by atoms with Gasteiger partial charge in [-0.25, -0.2) is 24.5 Å². The smallest absolute Gasteiger partial charge is 0.419 e. The molecule has 0 atom stereocenters. The summed E-state index contributed by atoms with van der Waals surface area (Å²) < 4.78 is 45.9. The number of hydrogen-bond acceptors (Lipinski definition) is 8. The third-order valence-corrected chi connectivity index (χ3v) is 4.10. The summed E-state index contributed by atoms with van der Waals surface area (Å²) in [5.41, 5.74) is 11.7. The number of rotatable bonds is 3. The van der Waals surface area contributed by atoms with E-state index < -0.39 is 17.6 Å². The fraction of sp³-hybridized carbons (Fsp3) is 0.118. The molecule has 0 bridgehead atoms. The molecule has 0 unspecified atom stereocenters. The summed E-state index contributed by atoms with van der Waals surface area (Å²) in [6.45, 7) is 0. The van der Waals surface area contributed by atoms with E-state index in [0.29, 0.717) is 17.0 Å². The zero-order chi connectivity index (χ0) is 20.8. The lowest BCUT2D eigenvalue weighted by Crippen LogP contribution is -2.10. The van der Waals surface area contributed by atoms with Crippen molar-refractivity contribution >= 4 is 17.3 Å². The van der Waals surface area contributed by atoms with Crippen molar-refractivity contribution in [1.29, 1.82) is 0 Å². The summed E-state index contributed by atoms with van der Waals surface area (Å²) in [4.78, 5) is 16.1. The van der Waals surface area contributed by atoms with Crippen LogP contribution in [0.5, 0.6) is 5.88 Å². The molecule has 12 heteroatoms. The second kappa shape index (κ2) is 6.58. The van der Waals surface area contributed by atoms with Crippen LogP contribution in [-0.2, 0) is 6.18 Å². The van der Waals surface area contributed by atoms with Crippen molar-refractivity contribution in [2.24, 2.45) is 0 Å². The van der Waals surface area contributed by atoms with Gasteiger partial charge in [0.2, 0.25) is 0 Å². The van der Waals surface area contributed by atoms with Gasteiger partial charge < -0.3 is 16.2 Å². The van der Waals surface area contributed by atoms with Crippen LogP contribution in [0.25, 0.3) is 28.3 Å². The van der Waals surface area contributed by atoms with Gasteiger partial charge in [-0.3, -0.25) is 0 Å². The molecule has 4 rings (SSSR count). The standard InChI is InChI=1S/C17H13F3N8O/c1-29-16-15(22)25-6-11(26-16)12-7-23-13-3-2-10(27-28(12)13)8-4-9(17(18,19)20)14(21)24-5-8/h2-7H,1H3,(H2,21,24)(H2,22,25). The van der Waals surface area contributed by atoms with Crippen LogP contribution in [0.4, 0.5) is 24.8 Å². The highest BCUT2D eigenvalue weighted by Gasteiger charge is 2.34. The number of imidazole rings is 1. The highest BCUT2D eigenvalue weighted by molar-refractivity contribution is 5.66. The minimum absolute atomic E-state index is 0.117. The average Bonchev–Trinajstić information content (AvgIpc) is 3.11. The predicted octanol–water partition coefficient (Wildman–Crippen LogP) is 2.44. The third-order valence-electron chi connectivity index (χ3n) is 4.10. The number of fused-ring (bicyclic) bond motifs is 1. The Bertz CT molecular complexity index is 1220. The van der Waals surface area contributed by atoms with E-state index in [4.69, 9.17) is 16.2 Å². The minimum atomic E-state index is -4.63. The van der Waals surface area contributed by atoms with Gasteiger partial charge in [0.25, 0.3) is 5.88 Å². The summed E-state index contributed by atoms with van der Waals surface area (Å²) >= 11 is 0. The molecule has 0 aromatic carbocycles. The highest BCUT2D eigenvalue weighted by atomic mass is 19.4. The number of pyridine rings is 1. The number of anilines is 2. The molecule has 0 spiro atoms. The average molecular weight is 402 g/mol. The van der Waals surface area contributed by atoms with Crippen LogP contribution >= 0.6 is 0 Å². The van der Waals surface area contributed by atoms with Crippen molar-refractivity contribution < 1.29 is 17.9 Å². The number of methoxy groups -OCH3 is 1. The Morgan fingerprint density at radius 2 is 1.72 bits per heavy atom. The lowest BCUT2D eigenvalue weighted by atomic mass is 10.1. The molecular formula is C17H13F3N8O. The van der Waals surface area contributed by atoms with Crippen molar-refractivity contribution in [1.82, 2.24) is 29.5 Å². The summed E-state index contributed by atoms with van der Waals surface area (Å²) in [6, 6.07) is 4.05. The van der Waals surface area contributed by atoms with Gasteiger partial charge in [0.15, 0.2) is 11.5 Å². The number of nitrogens with two attached hydrogens (primary N) is 2. The molecule has 9 nitrogen and oxygen atoms in total. The number of alkyl halides is 3. The van der Waals surface area contributed by atoms with Gasteiger partial charge >= 0.3 is 6.18 Å². The monoisotopic (exact) mass is 402 g/mol. The molecule has 0 fully saturated rings. The first-order valence-electron chi connectivity index (χ1n) is 8.12. The lowest BCUT2D eigenvalue weighted by Gasteiger charge is -2.11. The van der Waals surface area contributed by atoms with Gasteiger partial charge in [-0.2, -0.15) is 18.3 Å². The largest absolute Gasteiger partial charge is 0.478 e. The van der Waals surface area contributed by atoms with E-state index in [0.717, 1.165) is 6.07 Å². The fourth-order valence-corrected chi connectivity index (χ4v) is 2.70. The molecule has 4 aromatic heterocycles. The maximum Gasteiger partial charge on any atom is 0.419 e. The van der Waals surface area contributed by atoms with E-state index in [1.165, 1.54) is 36.3 Å². The molecule has 4 heterocycles. The summed E-state index contributed by atoms with van der Waals surface area (Å²) in [5, 5.41) is 4.38. The highest BCUT2D eigenvalue weighted by Crippen LogP contribution is 2.35. The Labute approximate surface area is 161 Å². The Morgan fingerprint density at radius 3 is 2.45 bits per heavy atom. The van der Waals surface area contributed by atoms with E-state index >= 15 is 0 Å². The number of ether oxygens (including phenoxy) is 1. The fourth-order valence-electron chi connectivity index (χ4n) is 2.70. The number of halogens is 3. The zero-order valence-electron chi connectivity index (χ0n) is 14.8. The zero-order valence-corrected chi connectivity index (χ0v) is 14.8. The van der Waals surface area contributed by atoms with Crippen LogP contribution in [0.15, 0.2) is 36.8 Å². The van der Waals surface area contributed by atoms with Gasteiger partial charge in [-0.05, 0) is 18.2 Å². The van der Waals surface area contributed by atoms with Gasteiger partial charge in [0.05, 0.1) is 30.8 Å². The molecule has 0 saturated carbocycles. The molecule has 0 saturated heterocycles. The molecule has 0 radical (unpaired) electrons. The topological polar surface area (TPSA) is 130 Å². The van der Waals surface area contributed by atoms with Crippen LogP contribution < -0.4 is 16.2 Å². The van der Waals surface area contributed by atoms with Crippen molar-refractivity contribution in [3.63, 3.8) is 0 Å². The van der Waals surface area contributed by atoms with Crippen molar-refractivity contribution in [3.05, 3.63) is 42.4 Å². The van der Waals surface area contributed by atoms with Crippen molar-refractivity contribution in [2.45, 2.75) is 6.18 Å². The van der Waals surface area contributed by atoms with Crippen molar-refractivity contribution in [2.75, 3.05) is 18.6 Å². The van der Waals surface area contributed by atoms with Gasteiger partial charge in [0.1, 0.15) is 17.2 Å². The number of nitrogens with zero attached hydrogens (tertiary/aromatic N) is 6. The van der Waals surface area contributed by atoms with Gasteiger partial charge in [-0.15, -0.1) is 0 Å².